The number of carbonyl (C=O) groups is 1. The van der Waals surface area contributed by atoms with Crippen molar-refractivity contribution < 1.29 is 9.90 Å². The second kappa shape index (κ2) is 9.18. The highest BCUT2D eigenvalue weighted by Gasteiger charge is 2.28. The molecule has 4 heterocycles. The number of fused-ring (bicyclic) bond motifs is 2. The van der Waals surface area contributed by atoms with Gasteiger partial charge in [0.25, 0.3) is 5.91 Å². The Bertz CT molecular complexity index is 1430. The van der Waals surface area contributed by atoms with Crippen LogP contribution >= 0.6 is 0 Å². The molecule has 36 heavy (non-hydrogen) atoms. The lowest BCUT2D eigenvalue weighted by Gasteiger charge is -2.34. The quantitative estimate of drug-likeness (QED) is 0.366. The molecule has 2 aliphatic rings. The fourth-order valence-corrected chi connectivity index (χ4v) is 5.25. The van der Waals surface area contributed by atoms with Crippen LogP contribution in [0.25, 0.3) is 16.6 Å². The van der Waals surface area contributed by atoms with Crippen LogP contribution in [-0.4, -0.2) is 66.9 Å². The second-order valence-corrected chi connectivity index (χ2v) is 10.0. The minimum atomic E-state index is -0.255. The van der Waals surface area contributed by atoms with Gasteiger partial charge in [-0.15, -0.1) is 0 Å². The maximum atomic E-state index is 13.3. The molecular formula is C26H32N8O2. The lowest BCUT2D eigenvalue weighted by molar-refractivity contribution is 0.102. The summed E-state index contributed by atoms with van der Waals surface area (Å²) in [5.74, 6) is 0.180. The van der Waals surface area contributed by atoms with Crippen molar-refractivity contribution >= 4 is 34.0 Å². The fourth-order valence-electron chi connectivity index (χ4n) is 5.25. The van der Waals surface area contributed by atoms with Crippen molar-refractivity contribution in [3.8, 4) is 0 Å². The van der Waals surface area contributed by atoms with E-state index >= 15 is 0 Å². The highest BCUT2D eigenvalue weighted by molar-refractivity contribution is 6.13. The Labute approximate surface area is 209 Å². The number of carbonyl (C=O) groups excluding carboxylic acids is 1. The maximum absolute atomic E-state index is 13.3. The van der Waals surface area contributed by atoms with E-state index in [1.165, 1.54) is 12.8 Å². The molecule has 3 N–H and O–H groups in total. The normalized spacial score (nSPS) is 16.8. The minimum absolute atomic E-state index is 0.0145. The van der Waals surface area contributed by atoms with E-state index in [0.29, 0.717) is 40.7 Å². The van der Waals surface area contributed by atoms with E-state index in [0.717, 1.165) is 48.7 Å². The molecule has 6 rings (SSSR count). The van der Waals surface area contributed by atoms with Gasteiger partial charge in [-0.1, -0.05) is 0 Å². The Morgan fingerprint density at radius 1 is 1.08 bits per heavy atom. The number of hydrogen-bond acceptors (Lipinski definition) is 7. The van der Waals surface area contributed by atoms with Crippen LogP contribution in [0.1, 0.15) is 47.4 Å². The van der Waals surface area contributed by atoms with Crippen LogP contribution in [0.5, 0.6) is 0 Å². The number of aromatic nitrogens is 5. The number of nitrogens with one attached hydrogen (secondary N) is 2. The molecule has 188 valence electrons. The van der Waals surface area contributed by atoms with Crippen LogP contribution in [0.4, 0.5) is 11.5 Å². The number of aliphatic hydroxyl groups excluding tert-OH is 1. The molecule has 1 aliphatic carbocycles. The summed E-state index contributed by atoms with van der Waals surface area (Å²) in [6, 6.07) is 5.25. The van der Waals surface area contributed by atoms with Crippen molar-refractivity contribution in [2.24, 2.45) is 7.05 Å². The van der Waals surface area contributed by atoms with Crippen LogP contribution in [0.2, 0.25) is 0 Å². The zero-order valence-corrected chi connectivity index (χ0v) is 20.7. The Hall–Kier alpha value is -3.50. The van der Waals surface area contributed by atoms with Crippen LogP contribution in [-0.2, 0) is 13.5 Å². The predicted octanol–water partition coefficient (Wildman–Crippen LogP) is 2.43. The topological polar surface area (TPSA) is 113 Å². The molecule has 0 unspecified atom stereocenters. The molecule has 1 saturated heterocycles. The molecule has 2 fully saturated rings. The van der Waals surface area contributed by atoms with Crippen molar-refractivity contribution in [3.63, 3.8) is 0 Å². The standard InChI is InChI=1S/C26H32N8O2/c1-16-13-34-15-23(29-25(34)21(27-16)9-12-35)30-26(36)19-5-6-22(20-14-32(2)31-24(19)20)33-10-7-18(8-11-33)28-17-3-4-17/h5-6,13-15,17-18,28,35H,3-4,7-12H2,1-2H3,(H,30,36). The molecule has 0 atom stereocenters. The third-order valence-electron chi connectivity index (χ3n) is 7.11. The van der Waals surface area contributed by atoms with Gasteiger partial charge in [-0.3, -0.25) is 14.5 Å². The average Bonchev–Trinajstić information content (AvgIpc) is 3.43. The van der Waals surface area contributed by atoms with Gasteiger partial charge in [0.05, 0.1) is 23.1 Å². The summed E-state index contributed by atoms with van der Waals surface area (Å²) in [7, 11) is 1.89. The van der Waals surface area contributed by atoms with Gasteiger partial charge in [0.1, 0.15) is 5.52 Å². The zero-order chi connectivity index (χ0) is 24.8. The number of imidazole rings is 1. The minimum Gasteiger partial charge on any atom is -0.396 e. The first-order valence-corrected chi connectivity index (χ1v) is 12.7. The van der Waals surface area contributed by atoms with E-state index in [1.807, 2.05) is 42.9 Å². The van der Waals surface area contributed by atoms with Gasteiger partial charge in [-0.2, -0.15) is 5.10 Å². The monoisotopic (exact) mass is 488 g/mol. The van der Waals surface area contributed by atoms with Gasteiger partial charge in [0.2, 0.25) is 0 Å². The van der Waals surface area contributed by atoms with Crippen LogP contribution in [0.3, 0.4) is 0 Å². The third-order valence-corrected chi connectivity index (χ3v) is 7.11. The molecule has 1 aromatic carbocycles. The number of anilines is 2. The molecule has 10 nitrogen and oxygen atoms in total. The Morgan fingerprint density at radius 2 is 1.86 bits per heavy atom. The predicted molar refractivity (Wildman–Crippen MR) is 139 cm³/mol. The molecule has 0 spiro atoms. The average molecular weight is 489 g/mol. The number of benzene rings is 1. The SMILES string of the molecule is Cc1cn2cc(NC(=O)c3ccc(N4CCC(NC5CC5)CC4)c4cn(C)nc34)nc2c(CCO)n1. The Balaban J connectivity index is 1.25. The molecule has 10 heteroatoms. The van der Waals surface area contributed by atoms with Crippen molar-refractivity contribution in [2.45, 2.75) is 51.1 Å². The molecule has 1 amide bonds. The van der Waals surface area contributed by atoms with Crippen molar-refractivity contribution in [1.82, 2.24) is 29.5 Å². The van der Waals surface area contributed by atoms with Gasteiger partial charge >= 0.3 is 0 Å². The lowest BCUT2D eigenvalue weighted by Crippen LogP contribution is -2.43. The molecule has 4 aromatic rings. The van der Waals surface area contributed by atoms with Gasteiger partial charge < -0.3 is 25.0 Å². The molecule has 0 bridgehead atoms. The van der Waals surface area contributed by atoms with E-state index in [9.17, 15) is 9.90 Å². The van der Waals surface area contributed by atoms with Crippen LogP contribution in [0, 0.1) is 6.92 Å². The van der Waals surface area contributed by atoms with E-state index in [2.05, 4.69) is 30.6 Å². The van der Waals surface area contributed by atoms with Crippen LogP contribution in [0.15, 0.2) is 30.7 Å². The number of rotatable bonds is 7. The smallest absolute Gasteiger partial charge is 0.259 e. The molecule has 0 radical (unpaired) electrons. The summed E-state index contributed by atoms with van der Waals surface area (Å²) in [6.45, 7) is 3.86. The molecular weight excluding hydrogens is 456 g/mol. The van der Waals surface area contributed by atoms with Crippen LogP contribution < -0.4 is 15.5 Å². The first-order valence-electron chi connectivity index (χ1n) is 12.7. The summed E-state index contributed by atoms with van der Waals surface area (Å²) in [4.78, 5) is 24.8. The van der Waals surface area contributed by atoms with Gasteiger partial charge in [-0.25, -0.2) is 4.98 Å². The number of nitrogens with zero attached hydrogens (tertiary/aromatic N) is 6. The Morgan fingerprint density at radius 3 is 2.61 bits per heavy atom. The first kappa shape index (κ1) is 22.9. The fraction of sp³-hybridized carbons (Fsp3) is 0.462. The summed E-state index contributed by atoms with van der Waals surface area (Å²) < 4.78 is 3.61. The number of hydrogen-bond donors (Lipinski definition) is 3. The van der Waals surface area contributed by atoms with E-state index in [4.69, 9.17) is 0 Å². The zero-order valence-electron chi connectivity index (χ0n) is 20.7. The van der Waals surface area contributed by atoms with Gasteiger partial charge in [0, 0.05) is 68.7 Å². The largest absolute Gasteiger partial charge is 0.396 e. The molecule has 3 aromatic heterocycles. The summed E-state index contributed by atoms with van der Waals surface area (Å²) >= 11 is 0. The summed E-state index contributed by atoms with van der Waals surface area (Å²) in [6.07, 6.45) is 10.9. The lowest BCUT2D eigenvalue weighted by atomic mass is 10.0. The van der Waals surface area contributed by atoms with Gasteiger partial charge in [-0.05, 0) is 44.7 Å². The first-order chi connectivity index (χ1) is 17.5. The third kappa shape index (κ3) is 4.42. The van der Waals surface area contributed by atoms with E-state index in [1.54, 1.807) is 10.9 Å². The van der Waals surface area contributed by atoms with E-state index < -0.39 is 0 Å². The molecule has 1 saturated carbocycles. The summed E-state index contributed by atoms with van der Waals surface area (Å²) in [5.41, 5.74) is 4.48. The highest BCUT2D eigenvalue weighted by Crippen LogP contribution is 2.32. The number of aliphatic hydroxyl groups is 1. The maximum Gasteiger partial charge on any atom is 0.259 e. The van der Waals surface area contributed by atoms with Gasteiger partial charge in [0.15, 0.2) is 11.5 Å². The summed E-state index contributed by atoms with van der Waals surface area (Å²) in [5, 5.41) is 21.7. The molecule has 1 aliphatic heterocycles. The van der Waals surface area contributed by atoms with E-state index in [-0.39, 0.29) is 12.5 Å². The van der Waals surface area contributed by atoms with Crippen molar-refractivity contribution in [2.75, 3.05) is 29.9 Å². The Kier molecular flexibility index (Phi) is 5.85. The second-order valence-electron chi connectivity index (χ2n) is 10.0. The highest BCUT2D eigenvalue weighted by atomic mass is 16.3. The van der Waals surface area contributed by atoms with Crippen molar-refractivity contribution in [3.05, 3.63) is 47.7 Å². The number of piperidine rings is 1. The number of aryl methyl sites for hydroxylation is 2. The van der Waals surface area contributed by atoms with Crippen molar-refractivity contribution in [1.29, 1.82) is 0 Å². The number of amides is 1.